The molecule has 0 saturated carbocycles. The van der Waals surface area contributed by atoms with E-state index >= 15 is 0 Å². The Hall–Kier alpha value is -1.84. The molecule has 28 heavy (non-hydrogen) atoms. The number of carbonyl (C=O) groups is 1. The number of hydrogen-bond acceptors (Lipinski definition) is 2. The SMILES string of the molecule is CC[C@@H](NC(=O)C1CCN(Cc2ccc(Cl)cc2)CC1)c1ccc(C)c(C)c1. The summed E-state index contributed by atoms with van der Waals surface area (Å²) >= 11 is 5.96. The zero-order chi connectivity index (χ0) is 20.1. The highest BCUT2D eigenvalue weighted by atomic mass is 35.5. The Balaban J connectivity index is 1.52. The van der Waals surface area contributed by atoms with Crippen LogP contribution in [-0.4, -0.2) is 23.9 Å². The van der Waals surface area contributed by atoms with E-state index in [4.69, 9.17) is 11.6 Å². The highest BCUT2D eigenvalue weighted by Gasteiger charge is 2.26. The van der Waals surface area contributed by atoms with Gasteiger partial charge in [-0.2, -0.15) is 0 Å². The first-order valence-electron chi connectivity index (χ1n) is 10.3. The second kappa shape index (κ2) is 9.58. The van der Waals surface area contributed by atoms with Gasteiger partial charge in [0.25, 0.3) is 0 Å². The van der Waals surface area contributed by atoms with Crippen LogP contribution in [0.25, 0.3) is 0 Å². The van der Waals surface area contributed by atoms with Crippen LogP contribution in [0.2, 0.25) is 5.02 Å². The van der Waals surface area contributed by atoms with Crippen molar-refractivity contribution in [2.45, 2.75) is 52.6 Å². The van der Waals surface area contributed by atoms with Crippen LogP contribution in [0, 0.1) is 19.8 Å². The summed E-state index contributed by atoms with van der Waals surface area (Å²) < 4.78 is 0. The lowest BCUT2D eigenvalue weighted by Gasteiger charge is -2.32. The van der Waals surface area contributed by atoms with E-state index < -0.39 is 0 Å². The molecule has 1 aliphatic rings. The van der Waals surface area contributed by atoms with Crippen molar-refractivity contribution in [3.63, 3.8) is 0 Å². The summed E-state index contributed by atoms with van der Waals surface area (Å²) in [6.45, 7) is 9.23. The normalized spacial score (nSPS) is 16.7. The van der Waals surface area contributed by atoms with E-state index in [0.29, 0.717) is 0 Å². The van der Waals surface area contributed by atoms with Crippen molar-refractivity contribution < 1.29 is 4.79 Å². The summed E-state index contributed by atoms with van der Waals surface area (Å²) in [5.41, 5.74) is 5.05. The summed E-state index contributed by atoms with van der Waals surface area (Å²) in [6.07, 6.45) is 2.75. The largest absolute Gasteiger partial charge is 0.349 e. The van der Waals surface area contributed by atoms with Crippen LogP contribution in [0.3, 0.4) is 0 Å². The highest BCUT2D eigenvalue weighted by molar-refractivity contribution is 6.30. The Morgan fingerprint density at radius 3 is 2.39 bits per heavy atom. The zero-order valence-electron chi connectivity index (χ0n) is 17.2. The molecule has 1 aliphatic heterocycles. The predicted molar refractivity (Wildman–Crippen MR) is 117 cm³/mol. The van der Waals surface area contributed by atoms with Crippen LogP contribution in [0.1, 0.15) is 54.5 Å². The molecule has 3 nitrogen and oxygen atoms in total. The highest BCUT2D eigenvalue weighted by Crippen LogP contribution is 2.24. The Morgan fingerprint density at radius 1 is 1.11 bits per heavy atom. The molecule has 2 aromatic carbocycles. The molecule has 1 fully saturated rings. The van der Waals surface area contributed by atoms with Crippen molar-refractivity contribution in [2.24, 2.45) is 5.92 Å². The molecule has 0 spiro atoms. The fourth-order valence-electron chi connectivity index (χ4n) is 3.89. The number of carbonyl (C=O) groups excluding carboxylic acids is 1. The summed E-state index contributed by atoms with van der Waals surface area (Å²) in [4.78, 5) is 15.3. The molecule has 0 aliphatic carbocycles. The van der Waals surface area contributed by atoms with Gasteiger partial charge in [0, 0.05) is 17.5 Å². The van der Waals surface area contributed by atoms with E-state index in [1.807, 2.05) is 12.1 Å². The van der Waals surface area contributed by atoms with Crippen molar-refractivity contribution >= 4 is 17.5 Å². The van der Waals surface area contributed by atoms with Crippen LogP contribution in [0.5, 0.6) is 0 Å². The van der Waals surface area contributed by atoms with Gasteiger partial charge in [0.05, 0.1) is 6.04 Å². The van der Waals surface area contributed by atoms with Crippen molar-refractivity contribution in [1.82, 2.24) is 10.2 Å². The first-order chi connectivity index (χ1) is 13.5. The van der Waals surface area contributed by atoms with E-state index in [1.54, 1.807) is 0 Å². The molecule has 0 aromatic heterocycles. The Kier molecular flexibility index (Phi) is 7.14. The van der Waals surface area contributed by atoms with Crippen molar-refractivity contribution in [3.8, 4) is 0 Å². The fourth-order valence-corrected chi connectivity index (χ4v) is 4.02. The van der Waals surface area contributed by atoms with Crippen molar-refractivity contribution in [2.75, 3.05) is 13.1 Å². The molecule has 1 saturated heterocycles. The third-order valence-electron chi connectivity index (χ3n) is 5.94. The van der Waals surface area contributed by atoms with E-state index in [1.165, 1.54) is 22.3 Å². The third kappa shape index (κ3) is 5.36. The summed E-state index contributed by atoms with van der Waals surface area (Å²) in [6, 6.07) is 14.6. The molecule has 1 amide bonds. The first kappa shape index (κ1) is 20.9. The van der Waals surface area contributed by atoms with Gasteiger partial charge in [0.15, 0.2) is 0 Å². The quantitative estimate of drug-likeness (QED) is 0.702. The Labute approximate surface area is 174 Å². The molecule has 150 valence electrons. The van der Waals surface area contributed by atoms with Gasteiger partial charge in [-0.25, -0.2) is 0 Å². The summed E-state index contributed by atoms with van der Waals surface area (Å²) in [5.74, 6) is 0.318. The molecule has 2 aromatic rings. The number of halogens is 1. The van der Waals surface area contributed by atoms with Gasteiger partial charge in [-0.3, -0.25) is 9.69 Å². The van der Waals surface area contributed by atoms with Gasteiger partial charge in [-0.05, 0) is 80.6 Å². The number of benzene rings is 2. The number of nitrogens with one attached hydrogen (secondary N) is 1. The van der Waals surface area contributed by atoms with E-state index in [2.05, 4.69) is 61.3 Å². The number of piperidine rings is 1. The maximum atomic E-state index is 12.9. The second-order valence-corrected chi connectivity index (χ2v) is 8.43. The van der Waals surface area contributed by atoms with Crippen LogP contribution < -0.4 is 5.32 Å². The number of aryl methyl sites for hydroxylation is 2. The maximum Gasteiger partial charge on any atom is 0.223 e. The van der Waals surface area contributed by atoms with Gasteiger partial charge in [-0.1, -0.05) is 48.9 Å². The third-order valence-corrected chi connectivity index (χ3v) is 6.19. The zero-order valence-corrected chi connectivity index (χ0v) is 17.9. The molecule has 1 N–H and O–H groups in total. The van der Waals surface area contributed by atoms with Gasteiger partial charge in [-0.15, -0.1) is 0 Å². The van der Waals surface area contributed by atoms with Gasteiger partial charge in [0.2, 0.25) is 5.91 Å². The molecule has 3 rings (SSSR count). The predicted octanol–water partition coefficient (Wildman–Crippen LogP) is 5.44. The number of likely N-dealkylation sites (tertiary alicyclic amines) is 1. The minimum absolute atomic E-state index is 0.0962. The molecule has 0 radical (unpaired) electrons. The number of nitrogens with zero attached hydrogens (tertiary/aromatic N) is 1. The Bertz CT molecular complexity index is 795. The molecular weight excluding hydrogens is 368 g/mol. The lowest BCUT2D eigenvalue weighted by molar-refractivity contribution is -0.127. The lowest BCUT2D eigenvalue weighted by Crippen LogP contribution is -2.41. The molecule has 1 atom stereocenters. The number of rotatable bonds is 6. The van der Waals surface area contributed by atoms with E-state index in [9.17, 15) is 4.79 Å². The topological polar surface area (TPSA) is 32.3 Å². The van der Waals surface area contributed by atoms with Crippen LogP contribution >= 0.6 is 11.6 Å². The molecule has 0 bridgehead atoms. The van der Waals surface area contributed by atoms with Crippen molar-refractivity contribution in [3.05, 3.63) is 69.7 Å². The standard InChI is InChI=1S/C24H31ClN2O/c1-4-23(21-8-5-17(2)18(3)15-21)26-24(28)20-11-13-27(14-12-20)16-19-6-9-22(25)10-7-19/h5-10,15,20,23H,4,11-14,16H2,1-3H3,(H,26,28)/t23-/m1/s1. The lowest BCUT2D eigenvalue weighted by atomic mass is 9.94. The van der Waals surface area contributed by atoms with Gasteiger partial charge >= 0.3 is 0 Å². The average Bonchev–Trinajstić information content (AvgIpc) is 2.70. The average molecular weight is 399 g/mol. The summed E-state index contributed by atoms with van der Waals surface area (Å²) in [5, 5.41) is 4.07. The first-order valence-corrected chi connectivity index (χ1v) is 10.7. The second-order valence-electron chi connectivity index (χ2n) is 7.99. The summed E-state index contributed by atoms with van der Waals surface area (Å²) in [7, 11) is 0. The van der Waals surface area contributed by atoms with Gasteiger partial charge < -0.3 is 5.32 Å². The number of hydrogen-bond donors (Lipinski definition) is 1. The molecule has 0 unspecified atom stereocenters. The number of amides is 1. The van der Waals surface area contributed by atoms with Gasteiger partial charge in [0.1, 0.15) is 0 Å². The fraction of sp³-hybridized carbons (Fsp3) is 0.458. The van der Waals surface area contributed by atoms with Crippen molar-refractivity contribution in [1.29, 1.82) is 0 Å². The minimum atomic E-state index is 0.0962. The van der Waals surface area contributed by atoms with E-state index in [0.717, 1.165) is 43.9 Å². The monoisotopic (exact) mass is 398 g/mol. The molecule has 1 heterocycles. The molecular formula is C24H31ClN2O. The van der Waals surface area contributed by atoms with Crippen LogP contribution in [0.4, 0.5) is 0 Å². The van der Waals surface area contributed by atoms with E-state index in [-0.39, 0.29) is 17.9 Å². The molecule has 4 heteroatoms. The Morgan fingerprint density at radius 2 is 1.79 bits per heavy atom. The van der Waals surface area contributed by atoms with Crippen LogP contribution in [0.15, 0.2) is 42.5 Å². The smallest absolute Gasteiger partial charge is 0.223 e. The minimum Gasteiger partial charge on any atom is -0.349 e. The van der Waals surface area contributed by atoms with Crippen LogP contribution in [-0.2, 0) is 11.3 Å². The maximum absolute atomic E-state index is 12.9.